The molecule has 1 fully saturated rings. The summed E-state index contributed by atoms with van der Waals surface area (Å²) in [4.78, 5) is 11.3. The van der Waals surface area contributed by atoms with Crippen LogP contribution >= 0.6 is 0 Å². The molecule has 1 amide bonds. The summed E-state index contributed by atoms with van der Waals surface area (Å²) in [6, 6.07) is 8.54. The van der Waals surface area contributed by atoms with Crippen molar-refractivity contribution in [3.8, 4) is 0 Å². The maximum Gasteiger partial charge on any atom is 0.224 e. The Morgan fingerprint density at radius 1 is 1.05 bits per heavy atom. The quantitative estimate of drug-likeness (QED) is 0.746. The Balaban J connectivity index is 1.65. The number of nitrogens with one attached hydrogen (secondary N) is 1. The Morgan fingerprint density at radius 3 is 2.38 bits per heavy atom. The minimum absolute atomic E-state index is 0.0789. The van der Waals surface area contributed by atoms with Gasteiger partial charge in [-0.25, -0.2) is 0 Å². The molecule has 2 heteroatoms. The average Bonchev–Trinajstić information content (AvgIpc) is 2.54. The lowest BCUT2D eigenvalue weighted by Gasteiger charge is -2.21. The molecule has 0 unspecified atom stereocenters. The lowest BCUT2D eigenvalue weighted by atomic mass is 9.85. The predicted octanol–water partition coefficient (Wildman–Crippen LogP) is 4.27. The summed E-state index contributed by atoms with van der Waals surface area (Å²) in [6.45, 7) is 0. The smallest absolute Gasteiger partial charge is 0.224 e. The second-order valence-electron chi connectivity index (χ2n) is 6.42. The molecular weight excluding hydrogens is 258 g/mol. The number of carbonyl (C=O) groups is 1. The van der Waals surface area contributed by atoms with Crippen LogP contribution in [0, 0.1) is 5.92 Å². The number of rotatable bonds is 7. The summed E-state index contributed by atoms with van der Waals surface area (Å²) >= 11 is 0. The number of aryl methyl sites for hydroxylation is 1. The van der Waals surface area contributed by atoms with Crippen molar-refractivity contribution in [2.45, 2.75) is 64.2 Å². The molecule has 21 heavy (non-hydrogen) atoms. The fourth-order valence-corrected chi connectivity index (χ4v) is 3.34. The molecule has 1 aliphatic carbocycles. The molecule has 1 saturated carbocycles. The highest BCUT2D eigenvalue weighted by Gasteiger charge is 2.12. The molecule has 2 rings (SSSR count). The SMILES string of the molecule is CNC(=O)Cc1ccc(CCCCC2CCCCC2)cc1. The van der Waals surface area contributed by atoms with Gasteiger partial charge in [-0.15, -0.1) is 0 Å². The van der Waals surface area contributed by atoms with E-state index in [1.807, 2.05) is 0 Å². The van der Waals surface area contributed by atoms with Crippen molar-refractivity contribution in [1.82, 2.24) is 5.32 Å². The zero-order chi connectivity index (χ0) is 14.9. The van der Waals surface area contributed by atoms with E-state index in [4.69, 9.17) is 0 Å². The van der Waals surface area contributed by atoms with E-state index in [2.05, 4.69) is 29.6 Å². The number of hydrogen-bond acceptors (Lipinski definition) is 1. The molecule has 1 aromatic carbocycles. The van der Waals surface area contributed by atoms with E-state index >= 15 is 0 Å². The van der Waals surface area contributed by atoms with Crippen LogP contribution in [0.3, 0.4) is 0 Å². The maximum absolute atomic E-state index is 11.3. The minimum Gasteiger partial charge on any atom is -0.359 e. The predicted molar refractivity (Wildman–Crippen MR) is 88.3 cm³/mol. The Kier molecular flexibility index (Phi) is 6.78. The van der Waals surface area contributed by atoms with Crippen LogP contribution in [0.5, 0.6) is 0 Å². The molecule has 1 aliphatic rings. The van der Waals surface area contributed by atoms with Gasteiger partial charge in [-0.05, 0) is 29.9 Å². The number of carbonyl (C=O) groups excluding carboxylic acids is 1. The van der Waals surface area contributed by atoms with Crippen molar-refractivity contribution >= 4 is 5.91 Å². The topological polar surface area (TPSA) is 29.1 Å². The number of benzene rings is 1. The Labute approximate surface area is 129 Å². The van der Waals surface area contributed by atoms with E-state index in [9.17, 15) is 4.79 Å². The zero-order valence-electron chi connectivity index (χ0n) is 13.4. The van der Waals surface area contributed by atoms with E-state index in [0.717, 1.165) is 11.5 Å². The first kappa shape index (κ1) is 16.1. The molecule has 0 radical (unpaired) electrons. The fraction of sp³-hybridized carbons (Fsp3) is 0.632. The molecule has 2 nitrogen and oxygen atoms in total. The van der Waals surface area contributed by atoms with E-state index in [-0.39, 0.29) is 5.91 Å². The van der Waals surface area contributed by atoms with Gasteiger partial charge in [-0.3, -0.25) is 4.79 Å². The highest BCUT2D eigenvalue weighted by atomic mass is 16.1. The second-order valence-corrected chi connectivity index (χ2v) is 6.42. The van der Waals surface area contributed by atoms with Gasteiger partial charge in [0.05, 0.1) is 6.42 Å². The van der Waals surface area contributed by atoms with E-state index < -0.39 is 0 Å². The van der Waals surface area contributed by atoms with Gasteiger partial charge in [0.2, 0.25) is 5.91 Å². The van der Waals surface area contributed by atoms with E-state index in [0.29, 0.717) is 6.42 Å². The minimum atomic E-state index is 0.0789. The highest BCUT2D eigenvalue weighted by Crippen LogP contribution is 2.27. The normalized spacial score (nSPS) is 15.9. The van der Waals surface area contributed by atoms with Crippen molar-refractivity contribution < 1.29 is 4.79 Å². The van der Waals surface area contributed by atoms with Gasteiger partial charge in [0.15, 0.2) is 0 Å². The lowest BCUT2D eigenvalue weighted by Crippen LogP contribution is -2.19. The van der Waals surface area contributed by atoms with Crippen molar-refractivity contribution in [2.24, 2.45) is 5.92 Å². The average molecular weight is 287 g/mol. The standard InChI is InChI=1S/C19H29NO/c1-20-19(21)15-18-13-11-17(12-14-18)10-6-5-9-16-7-3-2-4-8-16/h11-14,16H,2-10,15H2,1H3,(H,20,21). The Hall–Kier alpha value is -1.31. The molecule has 0 aliphatic heterocycles. The number of amides is 1. The van der Waals surface area contributed by atoms with Gasteiger partial charge in [-0.1, -0.05) is 69.2 Å². The second kappa shape index (κ2) is 8.86. The largest absolute Gasteiger partial charge is 0.359 e. The van der Waals surface area contributed by atoms with Crippen LogP contribution in [-0.4, -0.2) is 13.0 Å². The monoisotopic (exact) mass is 287 g/mol. The van der Waals surface area contributed by atoms with E-state index in [1.165, 1.54) is 63.4 Å². The van der Waals surface area contributed by atoms with Crippen molar-refractivity contribution in [3.05, 3.63) is 35.4 Å². The molecular formula is C19H29NO. The van der Waals surface area contributed by atoms with Crippen LogP contribution < -0.4 is 5.32 Å². The first-order valence-electron chi connectivity index (χ1n) is 8.56. The van der Waals surface area contributed by atoms with Gasteiger partial charge in [-0.2, -0.15) is 0 Å². The maximum atomic E-state index is 11.3. The van der Waals surface area contributed by atoms with Crippen molar-refractivity contribution in [3.63, 3.8) is 0 Å². The summed E-state index contributed by atoms with van der Waals surface area (Å²) in [5.41, 5.74) is 2.50. The third-order valence-electron chi connectivity index (χ3n) is 4.72. The Morgan fingerprint density at radius 2 is 1.71 bits per heavy atom. The van der Waals surface area contributed by atoms with Crippen LogP contribution in [0.1, 0.15) is 62.5 Å². The summed E-state index contributed by atoms with van der Waals surface area (Å²) in [5, 5.41) is 2.66. The molecule has 0 atom stereocenters. The number of likely N-dealkylation sites (N-methyl/N-ethyl adjacent to an activating group) is 1. The molecule has 0 aromatic heterocycles. The van der Waals surface area contributed by atoms with Gasteiger partial charge in [0.1, 0.15) is 0 Å². The molecule has 0 spiro atoms. The van der Waals surface area contributed by atoms with Crippen LogP contribution in [-0.2, 0) is 17.6 Å². The zero-order valence-corrected chi connectivity index (χ0v) is 13.4. The summed E-state index contributed by atoms with van der Waals surface area (Å²) in [5.74, 6) is 1.09. The van der Waals surface area contributed by atoms with Gasteiger partial charge in [0.25, 0.3) is 0 Å². The number of hydrogen-bond donors (Lipinski definition) is 1. The summed E-state index contributed by atoms with van der Waals surface area (Å²) in [6.07, 6.45) is 13.0. The van der Waals surface area contributed by atoms with Gasteiger partial charge >= 0.3 is 0 Å². The van der Waals surface area contributed by atoms with Crippen molar-refractivity contribution in [1.29, 1.82) is 0 Å². The first-order chi connectivity index (χ1) is 10.3. The lowest BCUT2D eigenvalue weighted by molar-refractivity contribution is -0.119. The summed E-state index contributed by atoms with van der Waals surface area (Å²) < 4.78 is 0. The fourth-order valence-electron chi connectivity index (χ4n) is 3.34. The van der Waals surface area contributed by atoms with Crippen LogP contribution in [0.4, 0.5) is 0 Å². The third-order valence-corrected chi connectivity index (χ3v) is 4.72. The van der Waals surface area contributed by atoms with E-state index in [1.54, 1.807) is 7.05 Å². The molecule has 1 N–H and O–H groups in total. The molecule has 116 valence electrons. The third kappa shape index (κ3) is 5.91. The first-order valence-corrected chi connectivity index (χ1v) is 8.56. The number of unbranched alkanes of at least 4 members (excludes halogenated alkanes) is 1. The van der Waals surface area contributed by atoms with Crippen LogP contribution in [0.15, 0.2) is 24.3 Å². The molecule has 0 saturated heterocycles. The van der Waals surface area contributed by atoms with Crippen LogP contribution in [0.2, 0.25) is 0 Å². The molecule has 1 aromatic rings. The van der Waals surface area contributed by atoms with Gasteiger partial charge in [0, 0.05) is 7.05 Å². The molecule has 0 heterocycles. The van der Waals surface area contributed by atoms with Crippen molar-refractivity contribution in [2.75, 3.05) is 7.05 Å². The Bertz CT molecular complexity index is 418. The molecule has 0 bridgehead atoms. The summed E-state index contributed by atoms with van der Waals surface area (Å²) in [7, 11) is 1.68. The van der Waals surface area contributed by atoms with Crippen LogP contribution in [0.25, 0.3) is 0 Å². The highest BCUT2D eigenvalue weighted by molar-refractivity contribution is 5.78. The van der Waals surface area contributed by atoms with Gasteiger partial charge < -0.3 is 5.32 Å².